The van der Waals surface area contributed by atoms with E-state index in [1.165, 1.54) is 30.5 Å². The average molecular weight is 276 g/mol. The minimum absolute atomic E-state index is 0.490. The number of nitrogens with two attached hydrogens (primary N) is 1. The molecule has 3 heteroatoms. The Labute approximate surface area is 122 Å². The Hall–Kier alpha value is -1.09. The Bertz CT molecular complexity index is 464. The maximum atomic E-state index is 5.73. The molecule has 1 aliphatic carbocycles. The van der Waals surface area contributed by atoms with Crippen LogP contribution >= 0.6 is 12.2 Å². The SMILES string of the molecule is Cc1cc(N(CCC(C)C)C2CC2)ccc1C(N)=S. The van der Waals surface area contributed by atoms with Gasteiger partial charge in [-0.3, -0.25) is 0 Å². The molecule has 0 saturated heterocycles. The summed E-state index contributed by atoms with van der Waals surface area (Å²) in [6, 6.07) is 7.21. The molecule has 19 heavy (non-hydrogen) atoms. The molecule has 1 aliphatic rings. The Morgan fingerprint density at radius 1 is 1.42 bits per heavy atom. The zero-order valence-electron chi connectivity index (χ0n) is 12.1. The largest absolute Gasteiger partial charge is 0.389 e. The van der Waals surface area contributed by atoms with Crippen molar-refractivity contribution >= 4 is 22.9 Å². The van der Waals surface area contributed by atoms with Crippen molar-refractivity contribution in [2.24, 2.45) is 11.7 Å². The first-order chi connectivity index (χ1) is 8.99. The molecular weight excluding hydrogens is 252 g/mol. The van der Waals surface area contributed by atoms with Crippen LogP contribution in [-0.4, -0.2) is 17.6 Å². The molecule has 2 nitrogen and oxygen atoms in total. The molecule has 0 bridgehead atoms. The Kier molecular flexibility index (Phi) is 4.46. The minimum Gasteiger partial charge on any atom is -0.389 e. The van der Waals surface area contributed by atoms with Crippen molar-refractivity contribution < 1.29 is 0 Å². The molecule has 2 N–H and O–H groups in total. The lowest BCUT2D eigenvalue weighted by atomic mass is 10.1. The van der Waals surface area contributed by atoms with Crippen molar-refractivity contribution in [3.8, 4) is 0 Å². The molecule has 0 aliphatic heterocycles. The summed E-state index contributed by atoms with van der Waals surface area (Å²) in [6.45, 7) is 7.80. The van der Waals surface area contributed by atoms with Gasteiger partial charge in [0.25, 0.3) is 0 Å². The first kappa shape index (κ1) is 14.3. The van der Waals surface area contributed by atoms with E-state index in [4.69, 9.17) is 18.0 Å². The smallest absolute Gasteiger partial charge is 0.104 e. The molecule has 0 amide bonds. The van der Waals surface area contributed by atoms with Crippen LogP contribution in [0.4, 0.5) is 5.69 Å². The molecule has 1 aromatic rings. The van der Waals surface area contributed by atoms with Crippen LogP contribution in [0.3, 0.4) is 0 Å². The second kappa shape index (κ2) is 5.91. The topological polar surface area (TPSA) is 29.3 Å². The molecule has 0 spiro atoms. The van der Waals surface area contributed by atoms with Gasteiger partial charge in [-0.05, 0) is 55.9 Å². The molecule has 0 atom stereocenters. The van der Waals surface area contributed by atoms with Gasteiger partial charge in [0.15, 0.2) is 0 Å². The highest BCUT2D eigenvalue weighted by molar-refractivity contribution is 7.80. The lowest BCUT2D eigenvalue weighted by Gasteiger charge is -2.26. The number of hydrogen-bond acceptors (Lipinski definition) is 2. The van der Waals surface area contributed by atoms with Gasteiger partial charge in [0.2, 0.25) is 0 Å². The van der Waals surface area contributed by atoms with Crippen LogP contribution in [0.25, 0.3) is 0 Å². The van der Waals surface area contributed by atoms with Crippen LogP contribution in [0.5, 0.6) is 0 Å². The molecular formula is C16H24N2S. The van der Waals surface area contributed by atoms with Gasteiger partial charge in [-0.15, -0.1) is 0 Å². The summed E-state index contributed by atoms with van der Waals surface area (Å²) in [5.41, 5.74) is 9.23. The number of thiocarbonyl (C=S) groups is 1. The summed E-state index contributed by atoms with van der Waals surface area (Å²) in [6.07, 6.45) is 3.90. The maximum absolute atomic E-state index is 5.73. The predicted octanol–water partition coefficient (Wildman–Crippen LogP) is 3.64. The third-order valence-electron chi connectivity index (χ3n) is 3.74. The zero-order chi connectivity index (χ0) is 14.0. The first-order valence-corrected chi connectivity index (χ1v) is 7.57. The maximum Gasteiger partial charge on any atom is 0.104 e. The summed E-state index contributed by atoms with van der Waals surface area (Å²) in [7, 11) is 0. The van der Waals surface area contributed by atoms with E-state index in [0.29, 0.717) is 4.99 Å². The van der Waals surface area contributed by atoms with Crippen molar-refractivity contribution in [2.45, 2.75) is 46.1 Å². The number of hydrogen-bond donors (Lipinski definition) is 1. The van der Waals surface area contributed by atoms with E-state index in [9.17, 15) is 0 Å². The van der Waals surface area contributed by atoms with Gasteiger partial charge in [-0.2, -0.15) is 0 Å². The van der Waals surface area contributed by atoms with Crippen molar-refractivity contribution in [1.82, 2.24) is 0 Å². The van der Waals surface area contributed by atoms with Gasteiger partial charge in [0, 0.05) is 23.8 Å². The van der Waals surface area contributed by atoms with Crippen LogP contribution in [-0.2, 0) is 0 Å². The van der Waals surface area contributed by atoms with Gasteiger partial charge in [-0.25, -0.2) is 0 Å². The quantitative estimate of drug-likeness (QED) is 0.804. The first-order valence-electron chi connectivity index (χ1n) is 7.16. The lowest BCUT2D eigenvalue weighted by Crippen LogP contribution is -2.28. The highest BCUT2D eigenvalue weighted by Gasteiger charge is 2.29. The average Bonchev–Trinajstić information content (AvgIpc) is 3.13. The van der Waals surface area contributed by atoms with Crippen LogP contribution in [0.2, 0.25) is 0 Å². The molecule has 0 radical (unpaired) electrons. The van der Waals surface area contributed by atoms with Crippen LogP contribution in [0, 0.1) is 12.8 Å². The molecule has 1 saturated carbocycles. The third kappa shape index (κ3) is 3.69. The van der Waals surface area contributed by atoms with E-state index in [1.807, 2.05) is 0 Å². The molecule has 104 valence electrons. The summed E-state index contributed by atoms with van der Waals surface area (Å²) < 4.78 is 0. The van der Waals surface area contributed by atoms with Gasteiger partial charge >= 0.3 is 0 Å². The Morgan fingerprint density at radius 2 is 2.11 bits per heavy atom. The Balaban J connectivity index is 2.17. The highest BCUT2D eigenvalue weighted by atomic mass is 32.1. The van der Waals surface area contributed by atoms with Gasteiger partial charge in [-0.1, -0.05) is 26.1 Å². The summed E-state index contributed by atoms with van der Waals surface area (Å²) >= 11 is 5.07. The number of aryl methyl sites for hydroxylation is 1. The number of benzene rings is 1. The summed E-state index contributed by atoms with van der Waals surface area (Å²) in [4.78, 5) is 3.04. The Morgan fingerprint density at radius 3 is 2.58 bits per heavy atom. The van der Waals surface area contributed by atoms with Crippen molar-refractivity contribution in [1.29, 1.82) is 0 Å². The molecule has 1 fully saturated rings. The lowest BCUT2D eigenvalue weighted by molar-refractivity contribution is 0.571. The fourth-order valence-corrected chi connectivity index (χ4v) is 2.64. The normalized spacial score (nSPS) is 14.7. The fourth-order valence-electron chi connectivity index (χ4n) is 2.41. The summed E-state index contributed by atoms with van der Waals surface area (Å²) in [5.74, 6) is 0.748. The molecule has 0 unspecified atom stereocenters. The van der Waals surface area contributed by atoms with E-state index >= 15 is 0 Å². The predicted molar refractivity (Wildman–Crippen MR) is 86.9 cm³/mol. The van der Waals surface area contributed by atoms with E-state index < -0.39 is 0 Å². The minimum atomic E-state index is 0.490. The zero-order valence-corrected chi connectivity index (χ0v) is 13.0. The van der Waals surface area contributed by atoms with Gasteiger partial charge < -0.3 is 10.6 Å². The van der Waals surface area contributed by atoms with E-state index in [1.54, 1.807) is 0 Å². The van der Waals surface area contributed by atoms with Gasteiger partial charge in [0.1, 0.15) is 4.99 Å². The molecule has 0 heterocycles. The van der Waals surface area contributed by atoms with Crippen LogP contribution < -0.4 is 10.6 Å². The molecule has 0 aromatic heterocycles. The van der Waals surface area contributed by atoms with Crippen molar-refractivity contribution in [2.75, 3.05) is 11.4 Å². The van der Waals surface area contributed by atoms with Gasteiger partial charge in [0.05, 0.1) is 0 Å². The van der Waals surface area contributed by atoms with Crippen molar-refractivity contribution in [3.05, 3.63) is 29.3 Å². The van der Waals surface area contributed by atoms with Crippen LogP contribution in [0.15, 0.2) is 18.2 Å². The third-order valence-corrected chi connectivity index (χ3v) is 3.96. The second-order valence-electron chi connectivity index (χ2n) is 5.97. The standard InChI is InChI=1S/C16H24N2S/c1-11(2)8-9-18(13-4-5-13)14-6-7-15(16(17)19)12(3)10-14/h6-7,10-11,13H,4-5,8-9H2,1-3H3,(H2,17,19). The van der Waals surface area contributed by atoms with E-state index in [0.717, 1.165) is 24.1 Å². The summed E-state index contributed by atoms with van der Waals surface area (Å²) in [5, 5.41) is 0. The molecule has 2 rings (SSSR count). The monoisotopic (exact) mass is 276 g/mol. The van der Waals surface area contributed by atoms with Crippen LogP contribution in [0.1, 0.15) is 44.2 Å². The fraction of sp³-hybridized carbons (Fsp3) is 0.562. The number of nitrogens with zero attached hydrogens (tertiary/aromatic N) is 1. The highest BCUT2D eigenvalue weighted by Crippen LogP contribution is 2.33. The molecule has 1 aromatic carbocycles. The second-order valence-corrected chi connectivity index (χ2v) is 6.41. The number of rotatable bonds is 6. The number of anilines is 1. The van der Waals surface area contributed by atoms with Crippen molar-refractivity contribution in [3.63, 3.8) is 0 Å². The van der Waals surface area contributed by atoms with E-state index in [-0.39, 0.29) is 0 Å². The van der Waals surface area contributed by atoms with E-state index in [2.05, 4.69) is 43.9 Å².